The normalized spacial score (nSPS) is 27.3. The highest BCUT2D eigenvalue weighted by Crippen LogP contribution is 2.59. The lowest BCUT2D eigenvalue weighted by Gasteiger charge is -2.21. The number of rotatable bonds is 1. The Balaban J connectivity index is 1.77. The van der Waals surface area contributed by atoms with E-state index in [4.69, 9.17) is 5.26 Å². The minimum absolute atomic E-state index is 0.291. The van der Waals surface area contributed by atoms with Crippen LogP contribution in [0.15, 0.2) is 12.5 Å². The van der Waals surface area contributed by atoms with Crippen molar-refractivity contribution in [1.82, 2.24) is 15.0 Å². The molecule has 2 fully saturated rings. The number of H-pyrrole nitrogens is 1. The van der Waals surface area contributed by atoms with Gasteiger partial charge in [0.1, 0.15) is 23.9 Å². The number of halogens is 2. The SMILES string of the molecule is N#Cc1c[nH]c2ncnc(N3CC4C(C3)C4(F)F)c12. The standard InChI is InChI=1S/C12H9F2N5/c13-12(14)7-3-19(4-8(7)12)11-9-6(1-15)2-16-10(9)17-5-18-11/h2,5,7-8H,3-4H2,(H,16,17,18). The molecule has 4 rings (SSSR count). The van der Waals surface area contributed by atoms with Crippen LogP contribution >= 0.6 is 0 Å². The van der Waals surface area contributed by atoms with Crippen molar-refractivity contribution in [1.29, 1.82) is 5.26 Å². The zero-order chi connectivity index (χ0) is 13.2. The third-order valence-electron chi connectivity index (χ3n) is 4.07. The van der Waals surface area contributed by atoms with Crippen molar-refractivity contribution in [2.24, 2.45) is 11.8 Å². The Morgan fingerprint density at radius 1 is 1.37 bits per heavy atom. The van der Waals surface area contributed by atoms with Gasteiger partial charge >= 0.3 is 0 Å². The highest BCUT2D eigenvalue weighted by Gasteiger charge is 2.71. The average molecular weight is 261 g/mol. The molecule has 2 atom stereocenters. The number of nitrogens with one attached hydrogen (secondary N) is 1. The van der Waals surface area contributed by atoms with Crippen molar-refractivity contribution >= 4 is 16.9 Å². The van der Waals surface area contributed by atoms with Crippen molar-refractivity contribution in [2.45, 2.75) is 5.92 Å². The zero-order valence-electron chi connectivity index (χ0n) is 9.77. The molecule has 1 saturated heterocycles. The summed E-state index contributed by atoms with van der Waals surface area (Å²) in [5, 5.41) is 9.69. The first-order valence-electron chi connectivity index (χ1n) is 5.98. The summed E-state index contributed by atoms with van der Waals surface area (Å²) in [4.78, 5) is 12.9. The molecular weight excluding hydrogens is 252 g/mol. The molecule has 3 heterocycles. The van der Waals surface area contributed by atoms with E-state index >= 15 is 0 Å². The van der Waals surface area contributed by atoms with Crippen LogP contribution in [-0.4, -0.2) is 34.0 Å². The van der Waals surface area contributed by atoms with Gasteiger partial charge in [0.05, 0.1) is 22.8 Å². The van der Waals surface area contributed by atoms with Crippen LogP contribution in [0.4, 0.5) is 14.6 Å². The molecular formula is C12H9F2N5. The molecule has 2 aromatic rings. The first kappa shape index (κ1) is 10.7. The molecule has 19 heavy (non-hydrogen) atoms. The van der Waals surface area contributed by atoms with Crippen LogP contribution in [-0.2, 0) is 0 Å². The van der Waals surface area contributed by atoms with E-state index < -0.39 is 17.8 Å². The molecule has 0 aromatic carbocycles. The summed E-state index contributed by atoms with van der Waals surface area (Å²) < 4.78 is 26.4. The van der Waals surface area contributed by atoms with E-state index in [1.807, 2.05) is 4.90 Å². The summed E-state index contributed by atoms with van der Waals surface area (Å²) >= 11 is 0. The number of aromatic nitrogens is 3. The van der Waals surface area contributed by atoms with Crippen LogP contribution in [0.2, 0.25) is 0 Å². The van der Waals surface area contributed by atoms with Crippen molar-refractivity contribution in [3.05, 3.63) is 18.1 Å². The molecule has 2 aliphatic rings. The fourth-order valence-corrected chi connectivity index (χ4v) is 2.96. The molecule has 0 amide bonds. The largest absolute Gasteiger partial charge is 0.355 e. The third kappa shape index (κ3) is 1.26. The van der Waals surface area contributed by atoms with E-state index in [1.165, 1.54) is 6.33 Å². The summed E-state index contributed by atoms with van der Waals surface area (Å²) in [5.74, 6) is -3.08. The number of aromatic amines is 1. The molecule has 0 spiro atoms. The van der Waals surface area contributed by atoms with Crippen molar-refractivity contribution in [3.8, 4) is 6.07 Å². The fraction of sp³-hybridized carbons (Fsp3) is 0.417. The van der Waals surface area contributed by atoms with E-state index in [1.54, 1.807) is 6.20 Å². The Morgan fingerprint density at radius 2 is 2.11 bits per heavy atom. The number of fused-ring (bicyclic) bond motifs is 2. The third-order valence-corrected chi connectivity index (χ3v) is 4.07. The Bertz CT molecular complexity index is 702. The maximum Gasteiger partial charge on any atom is 0.258 e. The number of hydrogen-bond donors (Lipinski definition) is 1. The summed E-state index contributed by atoms with van der Waals surface area (Å²) in [6.07, 6.45) is 2.95. The lowest BCUT2D eigenvalue weighted by Crippen LogP contribution is -2.28. The predicted molar refractivity (Wildman–Crippen MR) is 62.7 cm³/mol. The zero-order valence-corrected chi connectivity index (χ0v) is 9.77. The quantitative estimate of drug-likeness (QED) is 0.845. The highest BCUT2D eigenvalue weighted by atomic mass is 19.3. The molecule has 1 aliphatic heterocycles. The van der Waals surface area contributed by atoms with Gasteiger partial charge in [-0.3, -0.25) is 0 Å². The van der Waals surface area contributed by atoms with Crippen LogP contribution in [0.25, 0.3) is 11.0 Å². The van der Waals surface area contributed by atoms with E-state index in [0.29, 0.717) is 35.5 Å². The van der Waals surface area contributed by atoms with Crippen LogP contribution < -0.4 is 4.90 Å². The second-order valence-corrected chi connectivity index (χ2v) is 5.03. The van der Waals surface area contributed by atoms with Gasteiger partial charge in [-0.05, 0) is 0 Å². The van der Waals surface area contributed by atoms with Gasteiger partial charge in [-0.2, -0.15) is 5.26 Å². The molecule has 1 saturated carbocycles. The van der Waals surface area contributed by atoms with E-state index in [2.05, 4.69) is 21.0 Å². The monoisotopic (exact) mass is 261 g/mol. The molecule has 1 aliphatic carbocycles. The van der Waals surface area contributed by atoms with Gasteiger partial charge in [0.2, 0.25) is 0 Å². The Morgan fingerprint density at radius 3 is 2.79 bits per heavy atom. The Kier molecular flexibility index (Phi) is 1.80. The molecule has 5 nitrogen and oxygen atoms in total. The number of nitrogens with zero attached hydrogens (tertiary/aromatic N) is 4. The second kappa shape index (κ2) is 3.20. The number of nitriles is 1. The Hall–Kier alpha value is -2.23. The summed E-state index contributed by atoms with van der Waals surface area (Å²) in [6, 6.07) is 2.07. The van der Waals surface area contributed by atoms with Crippen LogP contribution in [0.3, 0.4) is 0 Å². The second-order valence-electron chi connectivity index (χ2n) is 5.03. The van der Waals surface area contributed by atoms with Crippen molar-refractivity contribution in [3.63, 3.8) is 0 Å². The van der Waals surface area contributed by atoms with E-state index in [9.17, 15) is 8.78 Å². The van der Waals surface area contributed by atoms with Gasteiger partial charge < -0.3 is 9.88 Å². The first-order valence-corrected chi connectivity index (χ1v) is 5.98. The molecule has 0 bridgehead atoms. The molecule has 1 N–H and O–H groups in total. The van der Waals surface area contributed by atoms with Crippen LogP contribution in [0.5, 0.6) is 0 Å². The highest BCUT2D eigenvalue weighted by molar-refractivity contribution is 5.93. The average Bonchev–Trinajstić information content (AvgIpc) is 2.89. The lowest BCUT2D eigenvalue weighted by atomic mass is 10.2. The molecule has 2 unspecified atom stereocenters. The van der Waals surface area contributed by atoms with Gasteiger partial charge in [-0.1, -0.05) is 0 Å². The van der Waals surface area contributed by atoms with Crippen molar-refractivity contribution < 1.29 is 8.78 Å². The van der Waals surface area contributed by atoms with Crippen LogP contribution in [0, 0.1) is 23.2 Å². The summed E-state index contributed by atoms with van der Waals surface area (Å²) in [5.41, 5.74) is 1.01. The van der Waals surface area contributed by atoms with Crippen LogP contribution in [0.1, 0.15) is 5.56 Å². The smallest absolute Gasteiger partial charge is 0.258 e. The molecule has 2 aromatic heterocycles. The maximum atomic E-state index is 13.2. The predicted octanol–water partition coefficient (Wildman–Crippen LogP) is 1.53. The van der Waals surface area contributed by atoms with Gasteiger partial charge in [0.15, 0.2) is 0 Å². The maximum absolute atomic E-state index is 13.2. The Labute approximate surface area is 106 Å². The molecule has 0 radical (unpaired) electrons. The number of piperidine rings is 1. The van der Waals surface area contributed by atoms with E-state index in [0.717, 1.165) is 0 Å². The summed E-state index contributed by atoms with van der Waals surface area (Å²) in [7, 11) is 0. The number of anilines is 1. The minimum atomic E-state index is -2.52. The molecule has 96 valence electrons. The summed E-state index contributed by atoms with van der Waals surface area (Å²) in [6.45, 7) is 0.583. The number of alkyl halides is 2. The van der Waals surface area contributed by atoms with Crippen molar-refractivity contribution in [2.75, 3.05) is 18.0 Å². The van der Waals surface area contributed by atoms with Gasteiger partial charge in [0.25, 0.3) is 5.92 Å². The van der Waals surface area contributed by atoms with E-state index in [-0.39, 0.29) is 0 Å². The molecule has 7 heteroatoms. The minimum Gasteiger partial charge on any atom is -0.355 e. The topological polar surface area (TPSA) is 68.6 Å². The fourth-order valence-electron chi connectivity index (χ4n) is 2.96. The van der Waals surface area contributed by atoms with Gasteiger partial charge in [-0.15, -0.1) is 0 Å². The first-order chi connectivity index (χ1) is 9.13. The van der Waals surface area contributed by atoms with Gasteiger partial charge in [-0.25, -0.2) is 18.7 Å². The van der Waals surface area contributed by atoms with Gasteiger partial charge in [0, 0.05) is 19.3 Å². The number of hydrogen-bond acceptors (Lipinski definition) is 4. The lowest BCUT2D eigenvalue weighted by molar-refractivity contribution is 0.0797.